The van der Waals surface area contributed by atoms with Gasteiger partial charge in [-0.25, -0.2) is 4.39 Å². The summed E-state index contributed by atoms with van der Waals surface area (Å²) in [6.45, 7) is 4.09. The van der Waals surface area contributed by atoms with Crippen molar-refractivity contribution in [2.24, 2.45) is 0 Å². The first-order valence-corrected chi connectivity index (χ1v) is 6.98. The van der Waals surface area contributed by atoms with Gasteiger partial charge in [0.05, 0.1) is 5.02 Å². The lowest BCUT2D eigenvalue weighted by atomic mass is 10.1. The van der Waals surface area contributed by atoms with Gasteiger partial charge >= 0.3 is 0 Å². The number of aryl methyl sites for hydroxylation is 2. The average Bonchev–Trinajstić information content (AvgIpc) is 2.35. The van der Waals surface area contributed by atoms with Crippen LogP contribution >= 0.6 is 27.5 Å². The minimum absolute atomic E-state index is 0.117. The van der Waals surface area contributed by atoms with Gasteiger partial charge in [0.15, 0.2) is 0 Å². The summed E-state index contributed by atoms with van der Waals surface area (Å²) in [5.41, 5.74) is 2.53. The summed E-state index contributed by atoms with van der Waals surface area (Å²) < 4.78 is 20.3. The average molecular weight is 344 g/mol. The number of hydrogen-bond donors (Lipinski definition) is 0. The van der Waals surface area contributed by atoms with Gasteiger partial charge in [-0.15, -0.1) is 0 Å². The number of benzene rings is 2. The highest BCUT2D eigenvalue weighted by molar-refractivity contribution is 9.10. The molecule has 0 saturated carbocycles. The lowest BCUT2D eigenvalue weighted by Gasteiger charge is -2.11. The molecule has 0 aliphatic rings. The summed E-state index contributed by atoms with van der Waals surface area (Å²) in [5, 5.41) is 0.380. The molecule has 2 aromatic rings. The molecule has 0 saturated heterocycles. The summed E-state index contributed by atoms with van der Waals surface area (Å²) in [6, 6.07) is 8.43. The predicted octanol–water partition coefficient (Wildman–Crippen LogP) is 5.44. The van der Waals surface area contributed by atoms with Crippen molar-refractivity contribution in [3.05, 3.63) is 62.3 Å². The van der Waals surface area contributed by atoms with Crippen molar-refractivity contribution in [3.8, 4) is 5.75 Å². The van der Waals surface area contributed by atoms with E-state index in [1.54, 1.807) is 12.1 Å². The van der Waals surface area contributed by atoms with Crippen molar-refractivity contribution in [2.45, 2.75) is 20.5 Å². The lowest BCUT2D eigenvalue weighted by molar-refractivity contribution is 0.299. The molecule has 19 heavy (non-hydrogen) atoms. The molecule has 0 unspecified atom stereocenters. The van der Waals surface area contributed by atoms with Crippen LogP contribution in [0.3, 0.4) is 0 Å². The van der Waals surface area contributed by atoms with E-state index in [4.69, 9.17) is 16.3 Å². The molecule has 2 rings (SSSR count). The van der Waals surface area contributed by atoms with Crippen molar-refractivity contribution in [2.75, 3.05) is 0 Å². The second kappa shape index (κ2) is 5.93. The minimum atomic E-state index is -0.349. The second-order valence-corrected chi connectivity index (χ2v) is 5.56. The lowest BCUT2D eigenvalue weighted by Crippen LogP contribution is -2.00. The van der Waals surface area contributed by atoms with E-state index >= 15 is 0 Å². The van der Waals surface area contributed by atoms with E-state index in [1.165, 1.54) is 6.07 Å². The van der Waals surface area contributed by atoms with Gasteiger partial charge < -0.3 is 4.74 Å². The van der Waals surface area contributed by atoms with Crippen LogP contribution in [0.5, 0.6) is 5.75 Å². The molecular formula is C15H13BrClFO. The highest BCUT2D eigenvalue weighted by atomic mass is 79.9. The van der Waals surface area contributed by atoms with Gasteiger partial charge in [-0.1, -0.05) is 33.6 Å². The molecule has 0 radical (unpaired) electrons. The van der Waals surface area contributed by atoms with Crippen molar-refractivity contribution >= 4 is 27.5 Å². The normalized spacial score (nSPS) is 10.6. The van der Waals surface area contributed by atoms with Crippen molar-refractivity contribution in [3.63, 3.8) is 0 Å². The Labute approximate surface area is 125 Å². The van der Waals surface area contributed by atoms with Gasteiger partial charge in [-0.05, 0) is 49.2 Å². The molecule has 100 valence electrons. The quantitative estimate of drug-likeness (QED) is 0.721. The molecule has 1 nitrogen and oxygen atoms in total. The molecular weight excluding hydrogens is 331 g/mol. The van der Waals surface area contributed by atoms with Gasteiger partial charge in [0.25, 0.3) is 0 Å². The van der Waals surface area contributed by atoms with Crippen LogP contribution < -0.4 is 4.74 Å². The maximum atomic E-state index is 13.6. The fourth-order valence-electron chi connectivity index (χ4n) is 1.82. The molecule has 0 heterocycles. The van der Waals surface area contributed by atoms with Crippen molar-refractivity contribution in [1.82, 2.24) is 0 Å². The Kier molecular flexibility index (Phi) is 4.48. The third kappa shape index (κ3) is 3.28. The summed E-state index contributed by atoms with van der Waals surface area (Å²) in [7, 11) is 0. The summed E-state index contributed by atoms with van der Waals surface area (Å²) in [4.78, 5) is 0. The molecule has 0 amide bonds. The first-order chi connectivity index (χ1) is 8.99. The van der Waals surface area contributed by atoms with E-state index in [0.717, 1.165) is 15.6 Å². The van der Waals surface area contributed by atoms with Crippen LogP contribution in [0, 0.1) is 19.7 Å². The number of ether oxygens (including phenoxy) is 1. The Bertz CT molecular complexity index is 570. The van der Waals surface area contributed by atoms with Crippen LogP contribution in [-0.4, -0.2) is 0 Å². The fraction of sp³-hybridized carbons (Fsp3) is 0.200. The van der Waals surface area contributed by atoms with Crippen LogP contribution in [-0.2, 0) is 6.61 Å². The number of halogens is 3. The van der Waals surface area contributed by atoms with E-state index in [-0.39, 0.29) is 12.4 Å². The standard InChI is InChI=1S/C15H13BrClFO/c1-9-6-11(7-10(2)15(9)16)19-8-12-13(17)4-3-5-14(12)18/h3-7H,8H2,1-2H3. The van der Waals surface area contributed by atoms with Gasteiger partial charge in [-0.2, -0.15) is 0 Å². The summed E-state index contributed by atoms with van der Waals surface area (Å²) in [6.07, 6.45) is 0. The van der Waals surface area contributed by atoms with Gasteiger partial charge in [0, 0.05) is 10.0 Å². The van der Waals surface area contributed by atoms with Crippen molar-refractivity contribution in [1.29, 1.82) is 0 Å². The molecule has 0 fully saturated rings. The topological polar surface area (TPSA) is 9.23 Å². The smallest absolute Gasteiger partial charge is 0.131 e. The SMILES string of the molecule is Cc1cc(OCc2c(F)cccc2Cl)cc(C)c1Br. The second-order valence-electron chi connectivity index (χ2n) is 4.36. The predicted molar refractivity (Wildman–Crippen MR) is 79.4 cm³/mol. The van der Waals surface area contributed by atoms with E-state index in [2.05, 4.69) is 15.9 Å². The first kappa shape index (κ1) is 14.4. The highest BCUT2D eigenvalue weighted by Gasteiger charge is 2.09. The largest absolute Gasteiger partial charge is 0.489 e. The number of hydrogen-bond acceptors (Lipinski definition) is 1. The molecule has 2 aromatic carbocycles. The molecule has 0 aromatic heterocycles. The molecule has 0 atom stereocenters. The van der Waals surface area contributed by atoms with Crippen LogP contribution in [0.4, 0.5) is 4.39 Å². The zero-order valence-electron chi connectivity index (χ0n) is 10.6. The van der Waals surface area contributed by atoms with Crippen molar-refractivity contribution < 1.29 is 9.13 Å². The number of rotatable bonds is 3. The Balaban J connectivity index is 2.19. The maximum absolute atomic E-state index is 13.6. The van der Waals surface area contributed by atoms with Gasteiger partial charge in [-0.3, -0.25) is 0 Å². The van der Waals surface area contributed by atoms with Crippen LogP contribution in [0.15, 0.2) is 34.8 Å². The molecule has 0 aliphatic heterocycles. The molecule has 0 aliphatic carbocycles. The molecule has 4 heteroatoms. The maximum Gasteiger partial charge on any atom is 0.131 e. The molecule has 0 spiro atoms. The zero-order chi connectivity index (χ0) is 14.0. The molecule has 0 bridgehead atoms. The zero-order valence-corrected chi connectivity index (χ0v) is 13.0. The van der Waals surface area contributed by atoms with E-state index in [0.29, 0.717) is 16.3 Å². The Morgan fingerprint density at radius 3 is 2.42 bits per heavy atom. The Morgan fingerprint density at radius 1 is 1.21 bits per heavy atom. The summed E-state index contributed by atoms with van der Waals surface area (Å²) in [5.74, 6) is 0.357. The monoisotopic (exact) mass is 342 g/mol. The highest BCUT2D eigenvalue weighted by Crippen LogP contribution is 2.27. The third-order valence-electron chi connectivity index (χ3n) is 2.85. The van der Waals surface area contributed by atoms with E-state index in [9.17, 15) is 4.39 Å². The third-order valence-corrected chi connectivity index (χ3v) is 4.46. The minimum Gasteiger partial charge on any atom is -0.489 e. The Morgan fingerprint density at radius 2 is 1.84 bits per heavy atom. The Hall–Kier alpha value is -1.06. The summed E-state index contributed by atoms with van der Waals surface area (Å²) >= 11 is 9.45. The van der Waals surface area contributed by atoms with Crippen LogP contribution in [0.1, 0.15) is 16.7 Å². The van der Waals surface area contributed by atoms with E-state index < -0.39 is 0 Å². The van der Waals surface area contributed by atoms with Gasteiger partial charge in [0.1, 0.15) is 18.2 Å². The molecule has 0 N–H and O–H groups in total. The van der Waals surface area contributed by atoms with Gasteiger partial charge in [0.2, 0.25) is 0 Å². The van der Waals surface area contributed by atoms with Crippen LogP contribution in [0.25, 0.3) is 0 Å². The van der Waals surface area contributed by atoms with Crippen LogP contribution in [0.2, 0.25) is 5.02 Å². The first-order valence-electron chi connectivity index (χ1n) is 5.81. The van der Waals surface area contributed by atoms with E-state index in [1.807, 2.05) is 26.0 Å². The fourth-order valence-corrected chi connectivity index (χ4v) is 2.26.